The number of anilines is 1. The van der Waals surface area contributed by atoms with Gasteiger partial charge in [-0.15, -0.1) is 0 Å². The van der Waals surface area contributed by atoms with E-state index in [1.54, 1.807) is 16.8 Å². The molecule has 2 atom stereocenters. The zero-order chi connectivity index (χ0) is 21.2. The lowest BCUT2D eigenvalue weighted by Gasteiger charge is -2.41. The highest BCUT2D eigenvalue weighted by Gasteiger charge is 2.41. The Bertz CT molecular complexity index is 1110. The molecule has 0 radical (unpaired) electrons. The van der Waals surface area contributed by atoms with Gasteiger partial charge in [-0.2, -0.15) is 10.4 Å². The number of nitrogens with zero attached hydrogens (tertiary/aromatic N) is 7. The molecule has 0 saturated carbocycles. The number of aromatic nitrogens is 4. The molecule has 2 fully saturated rings. The minimum Gasteiger partial charge on any atom is -0.376 e. The van der Waals surface area contributed by atoms with Gasteiger partial charge in [0.1, 0.15) is 18.2 Å². The lowest BCUT2D eigenvalue weighted by molar-refractivity contribution is -0.133. The summed E-state index contributed by atoms with van der Waals surface area (Å²) in [6, 6.07) is 10.2. The summed E-state index contributed by atoms with van der Waals surface area (Å²) in [6.07, 6.45) is 7.44. The number of hydrogen-bond donors (Lipinski definition) is 0. The van der Waals surface area contributed by atoms with Gasteiger partial charge in [0.2, 0.25) is 5.91 Å². The SMILES string of the molecule is N#Cc1ccc(N2C3CCC2CN(C(=O)CCOCc2cccn4ncnc24)C3)nc1. The van der Waals surface area contributed by atoms with Crippen molar-refractivity contribution in [1.29, 1.82) is 5.26 Å². The van der Waals surface area contributed by atoms with Crippen molar-refractivity contribution in [3.05, 3.63) is 54.1 Å². The van der Waals surface area contributed by atoms with Crippen molar-refractivity contribution in [2.75, 3.05) is 24.6 Å². The zero-order valence-corrected chi connectivity index (χ0v) is 17.1. The van der Waals surface area contributed by atoms with E-state index in [1.165, 1.54) is 6.33 Å². The van der Waals surface area contributed by atoms with Crippen LogP contribution in [0.15, 0.2) is 43.0 Å². The van der Waals surface area contributed by atoms with Crippen LogP contribution in [0, 0.1) is 11.3 Å². The van der Waals surface area contributed by atoms with Gasteiger partial charge in [0.25, 0.3) is 0 Å². The van der Waals surface area contributed by atoms with Crippen LogP contribution in [-0.2, 0) is 16.1 Å². The Morgan fingerprint density at radius 3 is 2.77 bits per heavy atom. The second kappa shape index (κ2) is 8.32. The monoisotopic (exact) mass is 417 g/mol. The van der Waals surface area contributed by atoms with Crippen LogP contribution >= 0.6 is 0 Å². The van der Waals surface area contributed by atoms with Gasteiger partial charge in [-0.3, -0.25) is 4.79 Å². The Balaban J connectivity index is 1.14. The molecule has 3 aromatic rings. The quantitative estimate of drug-likeness (QED) is 0.564. The molecule has 9 nitrogen and oxygen atoms in total. The smallest absolute Gasteiger partial charge is 0.225 e. The molecule has 1 amide bonds. The first-order valence-electron chi connectivity index (χ1n) is 10.5. The first-order valence-corrected chi connectivity index (χ1v) is 10.5. The Kier molecular flexibility index (Phi) is 5.22. The number of rotatable bonds is 6. The molecule has 3 aromatic heterocycles. The predicted molar refractivity (Wildman–Crippen MR) is 112 cm³/mol. The van der Waals surface area contributed by atoms with Crippen LogP contribution in [0.5, 0.6) is 0 Å². The van der Waals surface area contributed by atoms with Crippen LogP contribution in [0.3, 0.4) is 0 Å². The molecule has 0 aliphatic carbocycles. The number of ether oxygens (including phenoxy) is 1. The number of piperazine rings is 1. The van der Waals surface area contributed by atoms with Gasteiger partial charge in [-0.25, -0.2) is 14.5 Å². The lowest BCUT2D eigenvalue weighted by Crippen LogP contribution is -2.55. The van der Waals surface area contributed by atoms with Gasteiger partial charge in [-0.1, -0.05) is 6.07 Å². The number of pyridine rings is 2. The average Bonchev–Trinajstić information content (AvgIpc) is 3.39. The minimum absolute atomic E-state index is 0.130. The van der Waals surface area contributed by atoms with Crippen LogP contribution < -0.4 is 4.90 Å². The molecule has 0 spiro atoms. The third-order valence-electron chi connectivity index (χ3n) is 6.08. The fourth-order valence-corrected chi connectivity index (χ4v) is 4.60. The summed E-state index contributed by atoms with van der Waals surface area (Å²) in [5.41, 5.74) is 2.29. The number of fused-ring (bicyclic) bond motifs is 3. The van der Waals surface area contributed by atoms with E-state index in [0.29, 0.717) is 38.3 Å². The molecule has 0 aromatic carbocycles. The summed E-state index contributed by atoms with van der Waals surface area (Å²) in [6.45, 7) is 2.19. The van der Waals surface area contributed by atoms with Crippen LogP contribution in [-0.4, -0.2) is 62.2 Å². The fourth-order valence-electron chi connectivity index (χ4n) is 4.60. The standard InChI is InChI=1S/C22H23N7O2/c23-10-16-3-6-20(24-11-16)29-18-4-5-19(29)13-27(12-18)21(30)7-9-31-14-17-2-1-8-28-22(17)25-15-26-28/h1-3,6,8,11,15,18-19H,4-5,7,9,12-14H2. The molecular formula is C22H23N7O2. The van der Waals surface area contributed by atoms with Crippen LogP contribution in [0.1, 0.15) is 30.4 Å². The highest BCUT2D eigenvalue weighted by molar-refractivity contribution is 5.77. The summed E-state index contributed by atoms with van der Waals surface area (Å²) in [4.78, 5) is 25.8. The first-order chi connectivity index (χ1) is 15.2. The van der Waals surface area contributed by atoms with E-state index < -0.39 is 0 Å². The summed E-state index contributed by atoms with van der Waals surface area (Å²) in [5.74, 6) is 1.02. The molecular weight excluding hydrogens is 394 g/mol. The number of likely N-dealkylation sites (tertiary alicyclic amines) is 1. The summed E-state index contributed by atoms with van der Waals surface area (Å²) in [5, 5.41) is 13.1. The highest BCUT2D eigenvalue weighted by atomic mass is 16.5. The fraction of sp³-hybridized carbons (Fsp3) is 0.409. The van der Waals surface area contributed by atoms with E-state index in [4.69, 9.17) is 10.00 Å². The predicted octanol–water partition coefficient (Wildman–Crippen LogP) is 1.78. The second-order valence-corrected chi connectivity index (χ2v) is 7.97. The van der Waals surface area contributed by atoms with Crippen molar-refractivity contribution in [2.45, 2.75) is 38.0 Å². The molecule has 2 saturated heterocycles. The summed E-state index contributed by atoms with van der Waals surface area (Å²) < 4.78 is 7.48. The number of amides is 1. The topological polar surface area (TPSA) is 99.7 Å². The molecule has 2 bridgehead atoms. The van der Waals surface area contributed by atoms with Crippen molar-refractivity contribution in [3.8, 4) is 6.07 Å². The van der Waals surface area contributed by atoms with E-state index in [9.17, 15) is 4.79 Å². The largest absolute Gasteiger partial charge is 0.376 e. The first kappa shape index (κ1) is 19.5. The van der Waals surface area contributed by atoms with E-state index in [0.717, 1.165) is 29.9 Å². The zero-order valence-electron chi connectivity index (χ0n) is 17.1. The van der Waals surface area contributed by atoms with Gasteiger partial charge in [0, 0.05) is 43.1 Å². The normalized spacial score (nSPS) is 20.2. The molecule has 2 aliphatic heterocycles. The Labute approximate surface area is 179 Å². The van der Waals surface area contributed by atoms with Crippen LogP contribution in [0.4, 0.5) is 5.82 Å². The number of carbonyl (C=O) groups is 1. The number of nitriles is 1. The van der Waals surface area contributed by atoms with E-state index >= 15 is 0 Å². The summed E-state index contributed by atoms with van der Waals surface area (Å²) in [7, 11) is 0. The van der Waals surface area contributed by atoms with Crippen molar-refractivity contribution in [1.82, 2.24) is 24.5 Å². The minimum atomic E-state index is 0.130. The van der Waals surface area contributed by atoms with Gasteiger partial charge in [0.15, 0.2) is 5.65 Å². The second-order valence-electron chi connectivity index (χ2n) is 7.97. The Morgan fingerprint density at radius 2 is 2.03 bits per heavy atom. The van der Waals surface area contributed by atoms with E-state index in [1.807, 2.05) is 29.3 Å². The van der Waals surface area contributed by atoms with Gasteiger partial charge in [0.05, 0.1) is 25.2 Å². The van der Waals surface area contributed by atoms with E-state index in [2.05, 4.69) is 26.0 Å². The highest BCUT2D eigenvalue weighted by Crippen LogP contribution is 2.34. The van der Waals surface area contributed by atoms with E-state index in [-0.39, 0.29) is 18.0 Å². The Hall–Kier alpha value is -3.51. The third kappa shape index (κ3) is 3.82. The van der Waals surface area contributed by atoms with Crippen LogP contribution in [0.2, 0.25) is 0 Å². The maximum Gasteiger partial charge on any atom is 0.225 e. The average molecular weight is 417 g/mol. The van der Waals surface area contributed by atoms with Crippen molar-refractivity contribution < 1.29 is 9.53 Å². The van der Waals surface area contributed by atoms with Crippen molar-refractivity contribution in [3.63, 3.8) is 0 Å². The van der Waals surface area contributed by atoms with Crippen molar-refractivity contribution in [2.24, 2.45) is 0 Å². The third-order valence-corrected chi connectivity index (χ3v) is 6.08. The van der Waals surface area contributed by atoms with Crippen molar-refractivity contribution >= 4 is 17.4 Å². The molecule has 2 unspecified atom stereocenters. The van der Waals surface area contributed by atoms with Crippen LogP contribution in [0.25, 0.3) is 5.65 Å². The molecule has 2 aliphatic rings. The maximum atomic E-state index is 12.8. The molecule has 5 heterocycles. The van der Waals surface area contributed by atoms with Gasteiger partial charge >= 0.3 is 0 Å². The molecule has 9 heteroatoms. The number of hydrogen-bond acceptors (Lipinski definition) is 7. The van der Waals surface area contributed by atoms with Gasteiger partial charge < -0.3 is 14.5 Å². The molecule has 5 rings (SSSR count). The number of carbonyl (C=O) groups excluding carboxylic acids is 1. The molecule has 31 heavy (non-hydrogen) atoms. The molecule has 0 N–H and O–H groups in total. The van der Waals surface area contributed by atoms with Gasteiger partial charge in [-0.05, 0) is 31.0 Å². The summed E-state index contributed by atoms with van der Waals surface area (Å²) >= 11 is 0. The maximum absolute atomic E-state index is 12.8. The lowest BCUT2D eigenvalue weighted by atomic mass is 10.1. The molecule has 158 valence electrons. The Morgan fingerprint density at radius 1 is 1.19 bits per heavy atom.